The Kier molecular flexibility index (Phi) is 5.55. The van der Waals surface area contributed by atoms with Crippen LogP contribution in [0.15, 0.2) is 36.5 Å². The van der Waals surface area contributed by atoms with Gasteiger partial charge in [0.25, 0.3) is 0 Å². The van der Waals surface area contributed by atoms with E-state index in [1.807, 2.05) is 0 Å². The zero-order valence-electron chi connectivity index (χ0n) is 13.9. The smallest absolute Gasteiger partial charge is 0.246 e. The number of aliphatic hydroxyl groups excluding tert-OH is 1. The molecule has 132 valence electrons. The van der Waals surface area contributed by atoms with E-state index in [4.69, 9.17) is 5.11 Å². The first-order valence-electron chi connectivity index (χ1n) is 8.37. The molecule has 0 bridgehead atoms. The molecule has 3 rings (SSSR count). The van der Waals surface area contributed by atoms with Crippen LogP contribution in [0.25, 0.3) is 6.08 Å². The molecular formula is C18H21FN4O2. The Balaban J connectivity index is 1.50. The van der Waals surface area contributed by atoms with Gasteiger partial charge in [0.15, 0.2) is 0 Å². The quantitative estimate of drug-likeness (QED) is 0.841. The van der Waals surface area contributed by atoms with Gasteiger partial charge in [-0.2, -0.15) is 0 Å². The molecular weight excluding hydrogens is 323 g/mol. The van der Waals surface area contributed by atoms with Gasteiger partial charge in [-0.15, -0.1) is 5.10 Å². The number of rotatable bonds is 5. The Hall–Kier alpha value is -2.54. The molecule has 1 aromatic carbocycles. The molecule has 7 heteroatoms. The van der Waals surface area contributed by atoms with Crippen LogP contribution in [0.3, 0.4) is 0 Å². The van der Waals surface area contributed by atoms with E-state index in [2.05, 4.69) is 10.3 Å². The van der Waals surface area contributed by atoms with Gasteiger partial charge in [-0.25, -0.2) is 4.39 Å². The van der Waals surface area contributed by atoms with Crippen molar-refractivity contribution in [3.63, 3.8) is 0 Å². The number of piperidine rings is 1. The van der Waals surface area contributed by atoms with Gasteiger partial charge in [0.05, 0.1) is 12.8 Å². The van der Waals surface area contributed by atoms with Crippen LogP contribution in [0.1, 0.15) is 24.1 Å². The average Bonchev–Trinajstić information content (AvgIpc) is 3.09. The highest BCUT2D eigenvalue weighted by Gasteiger charge is 2.22. The predicted octanol–water partition coefficient (Wildman–Crippen LogP) is 1.86. The lowest BCUT2D eigenvalue weighted by Gasteiger charge is -2.31. The summed E-state index contributed by atoms with van der Waals surface area (Å²) in [5, 5.41) is 16.9. The van der Waals surface area contributed by atoms with E-state index in [1.54, 1.807) is 34.0 Å². The molecule has 1 N–H and O–H groups in total. The van der Waals surface area contributed by atoms with Crippen molar-refractivity contribution in [1.29, 1.82) is 0 Å². The fraction of sp³-hybridized carbons (Fsp3) is 0.389. The van der Waals surface area contributed by atoms with Crippen molar-refractivity contribution < 1.29 is 14.3 Å². The monoisotopic (exact) mass is 344 g/mol. The first kappa shape index (κ1) is 17.3. The second-order valence-electron chi connectivity index (χ2n) is 6.21. The van der Waals surface area contributed by atoms with Crippen molar-refractivity contribution >= 4 is 12.0 Å². The Morgan fingerprint density at radius 2 is 2.08 bits per heavy atom. The summed E-state index contributed by atoms with van der Waals surface area (Å²) in [6.07, 6.45) is 6.47. The molecule has 1 aliphatic rings. The van der Waals surface area contributed by atoms with Crippen LogP contribution in [0, 0.1) is 11.7 Å². The molecule has 1 amide bonds. The number of aromatic nitrogens is 3. The molecule has 0 unspecified atom stereocenters. The van der Waals surface area contributed by atoms with E-state index < -0.39 is 0 Å². The second kappa shape index (κ2) is 8.02. The third kappa shape index (κ3) is 4.51. The number of nitrogens with zero attached hydrogens (tertiary/aromatic N) is 4. The molecule has 1 aliphatic heterocycles. The van der Waals surface area contributed by atoms with E-state index in [0.29, 0.717) is 30.3 Å². The molecule has 0 spiro atoms. The lowest BCUT2D eigenvalue weighted by Crippen LogP contribution is -2.38. The van der Waals surface area contributed by atoms with Gasteiger partial charge < -0.3 is 10.0 Å². The van der Waals surface area contributed by atoms with Crippen LogP contribution in [0.2, 0.25) is 0 Å². The number of carbonyl (C=O) groups excluding carboxylic acids is 1. The van der Waals surface area contributed by atoms with Gasteiger partial charge in [0.2, 0.25) is 5.91 Å². The van der Waals surface area contributed by atoms with E-state index in [9.17, 15) is 9.18 Å². The average molecular weight is 344 g/mol. The van der Waals surface area contributed by atoms with Crippen LogP contribution in [0.5, 0.6) is 0 Å². The number of likely N-dealkylation sites (tertiary alicyclic amines) is 1. The molecule has 2 aromatic rings. The largest absolute Gasteiger partial charge is 0.390 e. The molecule has 1 saturated heterocycles. The maximum absolute atomic E-state index is 13.6. The zero-order valence-corrected chi connectivity index (χ0v) is 13.9. The SMILES string of the molecule is O=C(C=Cc1ccccc1F)N1CCC(Cn2cc(CO)nn2)CC1. The molecule has 0 atom stereocenters. The normalized spacial score (nSPS) is 15.8. The standard InChI is InChI=1S/C18H21FN4O2/c19-17-4-2-1-3-15(17)5-6-18(25)22-9-7-14(8-10-22)11-23-12-16(13-24)20-21-23/h1-6,12,14,24H,7-11,13H2. The molecule has 0 radical (unpaired) electrons. The lowest BCUT2D eigenvalue weighted by molar-refractivity contribution is -0.127. The summed E-state index contributed by atoms with van der Waals surface area (Å²) in [5.41, 5.74) is 0.975. The predicted molar refractivity (Wildman–Crippen MR) is 90.7 cm³/mol. The van der Waals surface area contributed by atoms with Crippen molar-refractivity contribution in [3.8, 4) is 0 Å². The molecule has 1 aromatic heterocycles. The van der Waals surface area contributed by atoms with Crippen LogP contribution in [-0.4, -0.2) is 44.0 Å². The maximum atomic E-state index is 13.6. The van der Waals surface area contributed by atoms with Crippen LogP contribution in [-0.2, 0) is 17.9 Å². The number of benzene rings is 1. The Morgan fingerprint density at radius 3 is 2.76 bits per heavy atom. The summed E-state index contributed by atoms with van der Waals surface area (Å²) < 4.78 is 15.3. The van der Waals surface area contributed by atoms with Crippen LogP contribution >= 0.6 is 0 Å². The van der Waals surface area contributed by atoms with E-state index in [0.717, 1.165) is 19.4 Å². The fourth-order valence-electron chi connectivity index (χ4n) is 2.98. The van der Waals surface area contributed by atoms with E-state index >= 15 is 0 Å². The van der Waals surface area contributed by atoms with Gasteiger partial charge in [0.1, 0.15) is 11.5 Å². The molecule has 0 saturated carbocycles. The Morgan fingerprint density at radius 1 is 1.32 bits per heavy atom. The van der Waals surface area contributed by atoms with Gasteiger partial charge in [-0.05, 0) is 30.9 Å². The number of halogens is 1. The fourth-order valence-corrected chi connectivity index (χ4v) is 2.98. The number of hydrogen-bond acceptors (Lipinski definition) is 4. The molecule has 6 nitrogen and oxygen atoms in total. The molecule has 0 aliphatic carbocycles. The summed E-state index contributed by atoms with van der Waals surface area (Å²) in [5.74, 6) is -0.00166. The lowest BCUT2D eigenvalue weighted by atomic mass is 9.97. The molecule has 2 heterocycles. The minimum absolute atomic E-state index is 0.0926. The zero-order chi connectivity index (χ0) is 17.6. The van der Waals surface area contributed by atoms with Crippen molar-refractivity contribution in [2.75, 3.05) is 13.1 Å². The van der Waals surface area contributed by atoms with Crippen LogP contribution in [0.4, 0.5) is 4.39 Å². The van der Waals surface area contributed by atoms with Crippen molar-refractivity contribution in [2.24, 2.45) is 5.92 Å². The molecule has 1 fully saturated rings. The molecule has 25 heavy (non-hydrogen) atoms. The van der Waals surface area contributed by atoms with Crippen molar-refractivity contribution in [3.05, 3.63) is 53.6 Å². The Bertz CT molecular complexity index is 751. The summed E-state index contributed by atoms with van der Waals surface area (Å²) in [6.45, 7) is 1.97. The number of amides is 1. The topological polar surface area (TPSA) is 71.2 Å². The number of aliphatic hydroxyl groups is 1. The number of carbonyl (C=O) groups is 1. The summed E-state index contributed by atoms with van der Waals surface area (Å²) in [6, 6.07) is 6.38. The highest BCUT2D eigenvalue weighted by Crippen LogP contribution is 2.19. The first-order valence-corrected chi connectivity index (χ1v) is 8.37. The first-order chi connectivity index (χ1) is 12.2. The van der Waals surface area contributed by atoms with Gasteiger partial charge >= 0.3 is 0 Å². The second-order valence-corrected chi connectivity index (χ2v) is 6.21. The summed E-state index contributed by atoms with van der Waals surface area (Å²) >= 11 is 0. The van der Waals surface area contributed by atoms with Crippen molar-refractivity contribution in [1.82, 2.24) is 19.9 Å². The third-order valence-corrected chi connectivity index (χ3v) is 4.43. The van der Waals surface area contributed by atoms with E-state index in [1.165, 1.54) is 18.2 Å². The van der Waals surface area contributed by atoms with Crippen LogP contribution < -0.4 is 0 Å². The van der Waals surface area contributed by atoms with Crippen molar-refractivity contribution in [2.45, 2.75) is 26.0 Å². The highest BCUT2D eigenvalue weighted by atomic mass is 19.1. The van der Waals surface area contributed by atoms with Gasteiger partial charge in [-0.1, -0.05) is 23.4 Å². The minimum Gasteiger partial charge on any atom is -0.390 e. The Labute approximate surface area is 145 Å². The summed E-state index contributed by atoms with van der Waals surface area (Å²) in [4.78, 5) is 14.0. The van der Waals surface area contributed by atoms with Gasteiger partial charge in [0, 0.05) is 31.3 Å². The third-order valence-electron chi connectivity index (χ3n) is 4.43. The highest BCUT2D eigenvalue weighted by molar-refractivity contribution is 5.91. The van der Waals surface area contributed by atoms with E-state index in [-0.39, 0.29) is 18.3 Å². The summed E-state index contributed by atoms with van der Waals surface area (Å²) in [7, 11) is 0. The number of hydrogen-bond donors (Lipinski definition) is 1. The maximum Gasteiger partial charge on any atom is 0.246 e. The van der Waals surface area contributed by atoms with Gasteiger partial charge in [-0.3, -0.25) is 9.48 Å². The minimum atomic E-state index is -0.333.